The molecule has 0 bridgehead atoms. The van der Waals surface area contributed by atoms with E-state index in [1.165, 1.54) is 19.4 Å². The smallest absolute Gasteiger partial charge is 0.152 e. The maximum absolute atomic E-state index is 9.92. The third-order valence-electron chi connectivity index (χ3n) is 5.63. The van der Waals surface area contributed by atoms with Crippen LogP contribution >= 0.6 is 0 Å². The number of hydrogen-bond donors (Lipinski definition) is 1. The molecule has 0 spiro atoms. The van der Waals surface area contributed by atoms with Crippen molar-refractivity contribution in [2.45, 2.75) is 83.5 Å². The molecule has 2 aliphatic heterocycles. The van der Waals surface area contributed by atoms with Gasteiger partial charge in [-0.2, -0.15) is 5.06 Å². The Morgan fingerprint density at radius 2 is 1.64 bits per heavy atom. The lowest BCUT2D eigenvalue weighted by Crippen LogP contribution is -3.00. The molecule has 0 aromatic heterocycles. The standard InChI is InChI=1S/C17H35N2O2.ClH/c1-7-8-9-19(12-15(20)13-19)14-10-16(2,3)18(21-6)17(4,5)11-14;/h14-15,20H,7-13H2,1-6H3;1H/q+1;/p-1. The van der Waals surface area contributed by atoms with Gasteiger partial charge < -0.3 is 26.8 Å². The molecule has 0 amide bonds. The number of piperidine rings is 1. The van der Waals surface area contributed by atoms with Gasteiger partial charge in [0.05, 0.1) is 19.7 Å². The Labute approximate surface area is 142 Å². The highest BCUT2D eigenvalue weighted by Gasteiger charge is 2.56. The van der Waals surface area contributed by atoms with E-state index >= 15 is 0 Å². The second-order valence-corrected chi connectivity index (χ2v) is 8.48. The Morgan fingerprint density at radius 3 is 2.00 bits per heavy atom. The van der Waals surface area contributed by atoms with Gasteiger partial charge in [-0.3, -0.25) is 0 Å². The molecule has 2 saturated heterocycles. The summed E-state index contributed by atoms with van der Waals surface area (Å²) in [4.78, 5) is 5.71. The van der Waals surface area contributed by atoms with Gasteiger partial charge in [0.25, 0.3) is 0 Å². The molecule has 0 atom stereocenters. The molecular weight excluding hydrogens is 300 g/mol. The lowest BCUT2D eigenvalue weighted by Gasteiger charge is -2.61. The quantitative estimate of drug-likeness (QED) is 0.692. The molecule has 22 heavy (non-hydrogen) atoms. The molecule has 132 valence electrons. The van der Waals surface area contributed by atoms with E-state index in [1.807, 2.05) is 0 Å². The molecule has 1 N–H and O–H groups in total. The molecule has 0 aromatic carbocycles. The Balaban J connectivity index is 0.00000242. The van der Waals surface area contributed by atoms with Crippen LogP contribution in [-0.4, -0.2) is 64.6 Å². The predicted octanol–water partition coefficient (Wildman–Crippen LogP) is -0.435. The van der Waals surface area contributed by atoms with Gasteiger partial charge >= 0.3 is 0 Å². The minimum atomic E-state index is -0.0893. The zero-order chi connectivity index (χ0) is 15.9. The molecule has 0 aliphatic carbocycles. The van der Waals surface area contributed by atoms with Crippen LogP contribution in [0.3, 0.4) is 0 Å². The van der Waals surface area contributed by atoms with Crippen LogP contribution in [0.1, 0.15) is 60.3 Å². The van der Waals surface area contributed by atoms with Crippen molar-refractivity contribution in [1.29, 1.82) is 0 Å². The lowest BCUT2D eigenvalue weighted by atomic mass is 9.76. The van der Waals surface area contributed by atoms with Crippen molar-refractivity contribution in [3.8, 4) is 0 Å². The van der Waals surface area contributed by atoms with Gasteiger partial charge in [0.1, 0.15) is 13.1 Å². The molecule has 2 fully saturated rings. The van der Waals surface area contributed by atoms with Crippen LogP contribution < -0.4 is 12.4 Å². The highest BCUT2D eigenvalue weighted by molar-refractivity contribution is 4.98. The van der Waals surface area contributed by atoms with Crippen molar-refractivity contribution < 1.29 is 26.8 Å². The first-order valence-corrected chi connectivity index (χ1v) is 8.55. The van der Waals surface area contributed by atoms with Crippen LogP contribution in [-0.2, 0) is 4.84 Å². The van der Waals surface area contributed by atoms with Gasteiger partial charge in [-0.25, -0.2) is 0 Å². The van der Waals surface area contributed by atoms with Crippen LogP contribution in [0.2, 0.25) is 0 Å². The maximum Gasteiger partial charge on any atom is 0.152 e. The number of aliphatic hydroxyl groups is 1. The number of likely N-dealkylation sites (tertiary alicyclic amines) is 1. The second-order valence-electron chi connectivity index (χ2n) is 8.48. The van der Waals surface area contributed by atoms with Gasteiger partial charge in [0, 0.05) is 23.9 Å². The Hall–Kier alpha value is 0.130. The summed E-state index contributed by atoms with van der Waals surface area (Å²) < 4.78 is 1.12. The molecule has 2 aliphatic rings. The molecule has 2 heterocycles. The van der Waals surface area contributed by atoms with E-state index in [0.29, 0.717) is 6.04 Å². The fraction of sp³-hybridized carbons (Fsp3) is 1.00. The summed E-state index contributed by atoms with van der Waals surface area (Å²) in [5, 5.41) is 12.1. The number of nitrogens with zero attached hydrogens (tertiary/aromatic N) is 2. The van der Waals surface area contributed by atoms with Crippen LogP contribution in [0.5, 0.6) is 0 Å². The van der Waals surface area contributed by atoms with E-state index in [0.717, 1.165) is 30.4 Å². The Kier molecular flexibility index (Phi) is 6.36. The van der Waals surface area contributed by atoms with E-state index in [2.05, 4.69) is 39.7 Å². The molecule has 5 heteroatoms. The average molecular weight is 335 g/mol. The van der Waals surface area contributed by atoms with Crippen LogP contribution in [0.15, 0.2) is 0 Å². The molecule has 0 aromatic rings. The summed E-state index contributed by atoms with van der Waals surface area (Å²) >= 11 is 0. The van der Waals surface area contributed by atoms with Gasteiger partial charge in [0.15, 0.2) is 6.10 Å². The number of hydrogen-bond acceptors (Lipinski definition) is 3. The second kappa shape index (κ2) is 6.94. The minimum absolute atomic E-state index is 0. The summed E-state index contributed by atoms with van der Waals surface area (Å²) in [6, 6.07) is 0.636. The number of quaternary nitrogens is 1. The van der Waals surface area contributed by atoms with Crippen LogP contribution in [0.4, 0.5) is 0 Å². The first-order chi connectivity index (χ1) is 9.67. The van der Waals surface area contributed by atoms with Gasteiger partial charge in [-0.1, -0.05) is 13.3 Å². The number of hydroxylamine groups is 2. The fourth-order valence-corrected chi connectivity index (χ4v) is 5.01. The summed E-state index contributed by atoms with van der Waals surface area (Å²) in [5.41, 5.74) is 0.0817. The van der Waals surface area contributed by atoms with E-state index < -0.39 is 0 Å². The maximum atomic E-state index is 9.92. The number of rotatable bonds is 5. The van der Waals surface area contributed by atoms with Crippen molar-refractivity contribution in [2.24, 2.45) is 0 Å². The molecule has 0 unspecified atom stereocenters. The van der Waals surface area contributed by atoms with Crippen molar-refractivity contribution in [3.63, 3.8) is 0 Å². The third-order valence-corrected chi connectivity index (χ3v) is 5.63. The van der Waals surface area contributed by atoms with E-state index in [4.69, 9.17) is 4.84 Å². The molecular formula is C17H35ClN2O2. The minimum Gasteiger partial charge on any atom is -1.00 e. The summed E-state index contributed by atoms with van der Waals surface area (Å²) in [7, 11) is 1.79. The van der Waals surface area contributed by atoms with Gasteiger partial charge in [0.2, 0.25) is 0 Å². The van der Waals surface area contributed by atoms with E-state index in [-0.39, 0.29) is 29.6 Å². The molecule has 4 nitrogen and oxygen atoms in total. The van der Waals surface area contributed by atoms with Crippen molar-refractivity contribution in [3.05, 3.63) is 0 Å². The topological polar surface area (TPSA) is 32.7 Å². The fourth-order valence-electron chi connectivity index (χ4n) is 5.01. The normalized spacial score (nSPS) is 34.8. The van der Waals surface area contributed by atoms with Gasteiger partial charge in [-0.15, -0.1) is 0 Å². The zero-order valence-electron chi connectivity index (χ0n) is 15.2. The molecule has 2 rings (SSSR count). The third kappa shape index (κ3) is 3.62. The summed E-state index contributed by atoms with van der Waals surface area (Å²) in [6.45, 7) is 14.5. The Bertz CT molecular complexity index is 350. The van der Waals surface area contributed by atoms with Crippen molar-refractivity contribution in [1.82, 2.24) is 5.06 Å². The lowest BCUT2D eigenvalue weighted by molar-refractivity contribution is -0.996. The number of halogens is 1. The molecule has 0 radical (unpaired) electrons. The van der Waals surface area contributed by atoms with Crippen molar-refractivity contribution >= 4 is 0 Å². The SMILES string of the molecule is CCCC[N+]1(C2CC(C)(C)N(OC)C(C)(C)C2)CC(O)C1.[Cl-]. The average Bonchev–Trinajstić information content (AvgIpc) is 2.30. The van der Waals surface area contributed by atoms with E-state index in [1.54, 1.807) is 7.11 Å². The van der Waals surface area contributed by atoms with Crippen LogP contribution in [0, 0.1) is 0 Å². The largest absolute Gasteiger partial charge is 1.00 e. The van der Waals surface area contributed by atoms with Gasteiger partial charge in [-0.05, 0) is 34.1 Å². The van der Waals surface area contributed by atoms with Crippen LogP contribution in [0.25, 0.3) is 0 Å². The number of unbranched alkanes of at least 4 members (excludes halogenated alkanes) is 1. The number of aliphatic hydroxyl groups excluding tert-OH is 1. The highest BCUT2D eigenvalue weighted by Crippen LogP contribution is 2.44. The Morgan fingerprint density at radius 1 is 1.14 bits per heavy atom. The predicted molar refractivity (Wildman–Crippen MR) is 85.8 cm³/mol. The first-order valence-electron chi connectivity index (χ1n) is 8.55. The molecule has 0 saturated carbocycles. The monoisotopic (exact) mass is 334 g/mol. The first kappa shape index (κ1) is 20.2. The highest BCUT2D eigenvalue weighted by atomic mass is 35.5. The van der Waals surface area contributed by atoms with E-state index in [9.17, 15) is 5.11 Å². The van der Waals surface area contributed by atoms with Crippen molar-refractivity contribution in [2.75, 3.05) is 26.7 Å². The summed E-state index contributed by atoms with van der Waals surface area (Å²) in [5.74, 6) is 0. The zero-order valence-corrected chi connectivity index (χ0v) is 16.0. The summed E-state index contributed by atoms with van der Waals surface area (Å²) in [6.07, 6.45) is 4.69.